The Kier molecular flexibility index (Phi) is 21.4. The minimum Gasteiger partial charge on any atom is -0.493 e. The molecule has 67 heavy (non-hydrogen) atoms. The normalized spacial score (nSPS) is 12.9. The van der Waals surface area contributed by atoms with Crippen molar-refractivity contribution in [3.05, 3.63) is 131 Å². The lowest BCUT2D eigenvalue weighted by atomic mass is 9.58. The van der Waals surface area contributed by atoms with Crippen molar-refractivity contribution >= 4 is 36.0 Å². The van der Waals surface area contributed by atoms with E-state index in [-0.39, 0.29) is 19.6 Å². The number of hydrogen-bond acceptors (Lipinski definition) is 12. The van der Waals surface area contributed by atoms with Gasteiger partial charge in [0.05, 0.1) is 52.2 Å². The van der Waals surface area contributed by atoms with Crippen LogP contribution in [0.3, 0.4) is 0 Å². The van der Waals surface area contributed by atoms with Gasteiger partial charge in [-0.2, -0.15) is 0 Å². The van der Waals surface area contributed by atoms with Crippen molar-refractivity contribution in [2.24, 2.45) is 16.9 Å². The molecular formula is C53H66N2O12. The van der Waals surface area contributed by atoms with Gasteiger partial charge < -0.3 is 50.1 Å². The van der Waals surface area contributed by atoms with Gasteiger partial charge in [0, 0.05) is 12.2 Å². The Bertz CT molecular complexity index is 2260. The molecule has 0 spiro atoms. The average molecular weight is 923 g/mol. The number of rotatable bonds is 30. The summed E-state index contributed by atoms with van der Waals surface area (Å²) in [5.41, 5.74) is 12.4. The maximum Gasteiger partial charge on any atom is 0.330 e. The molecule has 0 aliphatic carbocycles. The van der Waals surface area contributed by atoms with Gasteiger partial charge in [0.2, 0.25) is 5.41 Å². The Balaban J connectivity index is 1.39. The van der Waals surface area contributed by atoms with Crippen molar-refractivity contribution in [2.75, 3.05) is 40.6 Å². The molecule has 0 aliphatic rings. The summed E-state index contributed by atoms with van der Waals surface area (Å²) in [6, 6.07) is 24.6. The molecule has 0 aliphatic heterocycles. The lowest BCUT2D eigenvalue weighted by Crippen LogP contribution is -2.65. The summed E-state index contributed by atoms with van der Waals surface area (Å²) >= 11 is 0. The van der Waals surface area contributed by atoms with Gasteiger partial charge in [-0.1, -0.05) is 98.8 Å². The van der Waals surface area contributed by atoms with Crippen LogP contribution in [0, 0.1) is 5.41 Å². The lowest BCUT2D eigenvalue weighted by Gasteiger charge is -2.47. The summed E-state index contributed by atoms with van der Waals surface area (Å²) < 4.78 is 32.7. The number of benzene rings is 4. The molecule has 0 amide bonds. The summed E-state index contributed by atoms with van der Waals surface area (Å²) in [6.07, 6.45) is 11.3. The van der Waals surface area contributed by atoms with E-state index >= 15 is 0 Å². The third kappa shape index (κ3) is 14.4. The Hall–Kier alpha value is -6.64. The molecule has 0 aromatic heterocycles. The van der Waals surface area contributed by atoms with Crippen LogP contribution in [-0.4, -0.2) is 74.7 Å². The molecule has 0 fully saturated rings. The number of hydrogen-bond donors (Lipinski definition) is 4. The van der Waals surface area contributed by atoms with Gasteiger partial charge >= 0.3 is 23.9 Å². The van der Waals surface area contributed by atoms with Crippen LogP contribution in [0.25, 0.3) is 12.2 Å². The smallest absolute Gasteiger partial charge is 0.330 e. The first kappa shape index (κ1) is 53.0. The summed E-state index contributed by atoms with van der Waals surface area (Å²) in [5.74, 6) is -1.92. The molecule has 0 heterocycles. The van der Waals surface area contributed by atoms with E-state index < -0.39 is 40.9 Å². The molecule has 0 saturated carbocycles. The van der Waals surface area contributed by atoms with Gasteiger partial charge in [-0.3, -0.25) is 9.59 Å². The highest BCUT2D eigenvalue weighted by Gasteiger charge is 2.65. The molecular weight excluding hydrogens is 857 g/mol. The minimum absolute atomic E-state index is 0.0108. The maximum absolute atomic E-state index is 13.6. The molecule has 6 N–H and O–H groups in total. The lowest BCUT2D eigenvalue weighted by molar-refractivity contribution is -0.174. The fraction of sp³-hybridized carbons (Fsp3) is 0.396. The molecule has 4 aromatic carbocycles. The largest absolute Gasteiger partial charge is 0.493 e. The van der Waals surface area contributed by atoms with Gasteiger partial charge in [0.1, 0.15) is 0 Å². The van der Waals surface area contributed by atoms with Crippen LogP contribution in [0.15, 0.2) is 103 Å². The topological polar surface area (TPSA) is 216 Å². The van der Waals surface area contributed by atoms with Crippen LogP contribution in [0.4, 0.5) is 0 Å². The Morgan fingerprint density at radius 2 is 1.09 bits per heavy atom. The number of carbonyl (C=O) groups is 4. The second-order valence-corrected chi connectivity index (χ2v) is 16.0. The Morgan fingerprint density at radius 1 is 0.612 bits per heavy atom. The highest BCUT2D eigenvalue weighted by molar-refractivity contribution is 6.01. The summed E-state index contributed by atoms with van der Waals surface area (Å²) in [4.78, 5) is 52.1. The van der Waals surface area contributed by atoms with Crippen molar-refractivity contribution < 1.29 is 57.8 Å². The van der Waals surface area contributed by atoms with Gasteiger partial charge in [-0.05, 0) is 110 Å². The molecule has 14 heteroatoms. The fourth-order valence-electron chi connectivity index (χ4n) is 8.17. The standard InChI is InChI=1S/C53H66N2O12/c1-5-64-43-29-25-38(36-45(43)62-3)27-31-47(56)66-34-18-9-7-12-20-40-21-15-16-24-42(40)52(55,53(50(58)59,51(60)61)49(54)41-22-13-11-14-23-41)33-17-8-10-19-35-67-48(57)32-28-39-26-30-44(65-6-2)46(37-39)63-4/h11,13-16,21-32,36-37,49H,5-10,12,17-20,33-35,54-55H2,1-4H3,(H,58,59)(H,60,61). The predicted octanol–water partition coefficient (Wildman–Crippen LogP) is 9.08. The molecule has 4 aromatic rings. The number of esters is 2. The van der Waals surface area contributed by atoms with Gasteiger partial charge in [-0.25, -0.2) is 9.59 Å². The first-order chi connectivity index (χ1) is 32.4. The molecule has 0 bridgehead atoms. The quantitative estimate of drug-likeness (QED) is 0.0166. The zero-order valence-electron chi connectivity index (χ0n) is 39.1. The number of aryl methyl sites for hydroxylation is 1. The Morgan fingerprint density at radius 3 is 1.58 bits per heavy atom. The highest BCUT2D eigenvalue weighted by Crippen LogP contribution is 2.50. The fourth-order valence-corrected chi connectivity index (χ4v) is 8.17. The maximum atomic E-state index is 13.6. The van der Waals surface area contributed by atoms with Crippen molar-refractivity contribution in [1.82, 2.24) is 0 Å². The average Bonchev–Trinajstić information content (AvgIpc) is 3.33. The Labute approximate surface area is 393 Å². The number of carboxylic acids is 2. The van der Waals surface area contributed by atoms with Crippen LogP contribution in [0.5, 0.6) is 23.0 Å². The van der Waals surface area contributed by atoms with E-state index in [1.54, 1.807) is 99.2 Å². The number of carbonyl (C=O) groups excluding carboxylic acids is 2. The zero-order valence-corrected chi connectivity index (χ0v) is 39.1. The number of methoxy groups -OCH3 is 2. The monoisotopic (exact) mass is 922 g/mol. The first-order valence-corrected chi connectivity index (χ1v) is 22.8. The van der Waals surface area contributed by atoms with E-state index in [0.29, 0.717) is 92.3 Å². The van der Waals surface area contributed by atoms with Crippen LogP contribution >= 0.6 is 0 Å². The number of unbranched alkanes of at least 4 members (excludes halogenated alkanes) is 6. The van der Waals surface area contributed by atoms with Crippen LogP contribution in [0.1, 0.15) is 105 Å². The van der Waals surface area contributed by atoms with Crippen molar-refractivity contribution in [2.45, 2.75) is 89.6 Å². The number of carboxylic acid groups (broad SMARTS) is 2. The summed E-state index contributed by atoms with van der Waals surface area (Å²) in [5, 5.41) is 22.1. The first-order valence-electron chi connectivity index (χ1n) is 22.8. The SMILES string of the molecule is CCOc1ccc(C=CC(=O)OCCCCCCc2ccccc2C(N)(CCCCCCOC(=O)C=Cc2ccc(OCC)c(OC)c2)C(C(=O)O)(C(=O)O)C(N)c2ccccc2)cc1OC. The molecule has 0 radical (unpaired) electrons. The second kappa shape index (κ2) is 27.1. The zero-order chi connectivity index (χ0) is 48.7. The van der Waals surface area contributed by atoms with E-state index in [1.165, 1.54) is 12.2 Å². The number of nitrogens with two attached hydrogens (primary N) is 2. The van der Waals surface area contributed by atoms with Gasteiger partial charge in [0.25, 0.3) is 0 Å². The van der Waals surface area contributed by atoms with Crippen LogP contribution in [-0.2, 0) is 40.6 Å². The molecule has 0 saturated heterocycles. The van der Waals surface area contributed by atoms with Gasteiger partial charge in [0.15, 0.2) is 23.0 Å². The van der Waals surface area contributed by atoms with E-state index in [2.05, 4.69) is 0 Å². The van der Waals surface area contributed by atoms with E-state index in [4.69, 9.17) is 39.9 Å². The van der Waals surface area contributed by atoms with E-state index in [9.17, 15) is 29.4 Å². The number of aliphatic carboxylic acids is 2. The third-order valence-electron chi connectivity index (χ3n) is 11.6. The summed E-state index contributed by atoms with van der Waals surface area (Å²) in [6.45, 7) is 5.14. The number of ether oxygens (including phenoxy) is 6. The molecule has 4 rings (SSSR count). The van der Waals surface area contributed by atoms with Crippen molar-refractivity contribution in [3.8, 4) is 23.0 Å². The third-order valence-corrected chi connectivity index (χ3v) is 11.6. The van der Waals surface area contributed by atoms with Gasteiger partial charge in [-0.15, -0.1) is 0 Å². The predicted molar refractivity (Wildman–Crippen MR) is 257 cm³/mol. The highest BCUT2D eigenvalue weighted by atomic mass is 16.5. The van der Waals surface area contributed by atoms with Crippen LogP contribution < -0.4 is 30.4 Å². The molecule has 2 unspecified atom stereocenters. The van der Waals surface area contributed by atoms with Crippen LogP contribution in [0.2, 0.25) is 0 Å². The van der Waals surface area contributed by atoms with Crippen molar-refractivity contribution in [1.29, 1.82) is 0 Å². The molecule has 14 nitrogen and oxygen atoms in total. The summed E-state index contributed by atoms with van der Waals surface area (Å²) in [7, 11) is 3.09. The van der Waals surface area contributed by atoms with E-state index in [0.717, 1.165) is 29.5 Å². The van der Waals surface area contributed by atoms with E-state index in [1.807, 2.05) is 32.0 Å². The molecule has 360 valence electrons. The molecule has 2 atom stereocenters. The van der Waals surface area contributed by atoms with Crippen molar-refractivity contribution in [3.63, 3.8) is 0 Å². The minimum atomic E-state index is -2.67. The second-order valence-electron chi connectivity index (χ2n) is 16.0.